The fourth-order valence-corrected chi connectivity index (χ4v) is 6.21. The van der Waals surface area contributed by atoms with Gasteiger partial charge < -0.3 is 4.90 Å². The molecule has 0 radical (unpaired) electrons. The van der Waals surface area contributed by atoms with Gasteiger partial charge in [0.25, 0.3) is 15.9 Å². The van der Waals surface area contributed by atoms with E-state index in [2.05, 4.69) is 16.9 Å². The molecule has 1 fully saturated rings. The molecular formula is C25H23Cl3N2O3S. The first kappa shape index (κ1) is 24.9. The maximum Gasteiger partial charge on any atom is 0.263 e. The van der Waals surface area contributed by atoms with E-state index in [9.17, 15) is 13.2 Å². The molecule has 34 heavy (non-hydrogen) atoms. The molecule has 0 aromatic heterocycles. The maximum atomic E-state index is 13.2. The third kappa shape index (κ3) is 5.87. The summed E-state index contributed by atoms with van der Waals surface area (Å²) in [5, 5.41) is 0.426. The van der Waals surface area contributed by atoms with Gasteiger partial charge >= 0.3 is 0 Å². The minimum absolute atomic E-state index is 0.0716. The lowest BCUT2D eigenvalue weighted by atomic mass is 9.90. The normalized spacial score (nSPS) is 14.7. The van der Waals surface area contributed by atoms with Crippen molar-refractivity contribution in [2.75, 3.05) is 17.8 Å². The molecule has 1 aliphatic rings. The number of piperidine rings is 1. The summed E-state index contributed by atoms with van der Waals surface area (Å²) in [4.78, 5) is 14.7. The van der Waals surface area contributed by atoms with Crippen molar-refractivity contribution in [2.45, 2.75) is 24.2 Å². The van der Waals surface area contributed by atoms with Crippen molar-refractivity contribution < 1.29 is 13.2 Å². The van der Waals surface area contributed by atoms with Gasteiger partial charge in [-0.2, -0.15) is 0 Å². The van der Waals surface area contributed by atoms with E-state index in [1.54, 1.807) is 23.1 Å². The van der Waals surface area contributed by atoms with Crippen molar-refractivity contribution in [1.29, 1.82) is 0 Å². The van der Waals surface area contributed by atoms with Crippen molar-refractivity contribution >= 4 is 56.4 Å². The maximum absolute atomic E-state index is 13.2. The number of rotatable bonds is 6. The second-order valence-corrected chi connectivity index (χ2v) is 11.2. The zero-order valence-corrected chi connectivity index (χ0v) is 21.3. The molecule has 0 aliphatic carbocycles. The molecule has 3 aromatic rings. The van der Waals surface area contributed by atoms with Crippen molar-refractivity contribution in [3.63, 3.8) is 0 Å². The summed E-state index contributed by atoms with van der Waals surface area (Å²) in [7, 11) is -4.08. The number of carbonyl (C=O) groups is 1. The number of benzene rings is 3. The molecule has 1 heterocycles. The number of anilines is 1. The van der Waals surface area contributed by atoms with Crippen LogP contribution in [-0.4, -0.2) is 32.3 Å². The van der Waals surface area contributed by atoms with Crippen molar-refractivity contribution in [2.24, 2.45) is 5.92 Å². The second-order valence-electron chi connectivity index (χ2n) is 8.30. The fourth-order valence-electron chi connectivity index (χ4n) is 4.12. The molecule has 9 heteroatoms. The zero-order valence-electron chi connectivity index (χ0n) is 18.2. The standard InChI is InChI=1S/C25H23Cl3N2O3S/c26-19-7-4-8-20(14-19)29-34(32,33)24-15-21(22(27)16-23(24)28)25(31)30-11-9-18(10-12-30)13-17-5-2-1-3-6-17/h1-8,14-16,18,29H,9-13H2. The molecule has 4 rings (SSSR count). The molecule has 1 amide bonds. The number of nitrogens with zero attached hydrogens (tertiary/aromatic N) is 1. The average Bonchev–Trinajstić information content (AvgIpc) is 2.79. The van der Waals surface area contributed by atoms with Crippen LogP contribution in [0.25, 0.3) is 0 Å². The highest BCUT2D eigenvalue weighted by Crippen LogP contribution is 2.32. The summed E-state index contributed by atoms with van der Waals surface area (Å²) in [6.45, 7) is 1.16. The van der Waals surface area contributed by atoms with Crippen LogP contribution in [0.2, 0.25) is 15.1 Å². The van der Waals surface area contributed by atoms with E-state index in [1.807, 2.05) is 18.2 Å². The monoisotopic (exact) mass is 536 g/mol. The fraction of sp³-hybridized carbons (Fsp3) is 0.240. The Hall–Kier alpha value is -2.25. The Balaban J connectivity index is 1.50. The quantitative estimate of drug-likeness (QED) is 0.388. The Morgan fingerprint density at radius 3 is 2.29 bits per heavy atom. The van der Waals surface area contributed by atoms with E-state index in [4.69, 9.17) is 34.8 Å². The number of nitrogens with one attached hydrogen (secondary N) is 1. The van der Waals surface area contributed by atoms with Gasteiger partial charge in [-0.1, -0.05) is 71.2 Å². The highest BCUT2D eigenvalue weighted by atomic mass is 35.5. The molecule has 1 N–H and O–H groups in total. The smallest absolute Gasteiger partial charge is 0.263 e. The van der Waals surface area contributed by atoms with E-state index in [-0.39, 0.29) is 32.1 Å². The van der Waals surface area contributed by atoms with E-state index >= 15 is 0 Å². The molecule has 1 aliphatic heterocycles. The van der Waals surface area contributed by atoms with Gasteiger partial charge in [0.15, 0.2) is 0 Å². The van der Waals surface area contributed by atoms with Crippen LogP contribution in [0.5, 0.6) is 0 Å². The SMILES string of the molecule is O=C(c1cc(S(=O)(=O)Nc2cccc(Cl)c2)c(Cl)cc1Cl)N1CCC(Cc2ccccc2)CC1. The summed E-state index contributed by atoms with van der Waals surface area (Å²) < 4.78 is 28.5. The van der Waals surface area contributed by atoms with Gasteiger partial charge in [0.2, 0.25) is 0 Å². The van der Waals surface area contributed by atoms with E-state index in [1.165, 1.54) is 23.8 Å². The van der Waals surface area contributed by atoms with E-state index in [0.29, 0.717) is 24.0 Å². The summed E-state index contributed by atoms with van der Waals surface area (Å²) in [5.74, 6) is 0.184. The van der Waals surface area contributed by atoms with Gasteiger partial charge in [0.05, 0.1) is 21.3 Å². The Kier molecular flexibility index (Phi) is 7.73. The topological polar surface area (TPSA) is 66.5 Å². The van der Waals surface area contributed by atoms with Gasteiger partial charge in [-0.05, 0) is 61.1 Å². The minimum Gasteiger partial charge on any atom is -0.339 e. The zero-order chi connectivity index (χ0) is 24.3. The third-order valence-corrected chi connectivity index (χ3v) is 8.28. The van der Waals surface area contributed by atoms with Crippen LogP contribution in [0.3, 0.4) is 0 Å². The highest BCUT2D eigenvalue weighted by Gasteiger charge is 2.28. The van der Waals surface area contributed by atoms with Gasteiger partial charge in [0, 0.05) is 18.1 Å². The van der Waals surface area contributed by atoms with E-state index in [0.717, 1.165) is 19.3 Å². The van der Waals surface area contributed by atoms with Crippen LogP contribution in [0.1, 0.15) is 28.8 Å². The van der Waals surface area contributed by atoms with Crippen LogP contribution in [0.4, 0.5) is 5.69 Å². The van der Waals surface area contributed by atoms with Crippen LogP contribution in [-0.2, 0) is 16.4 Å². The molecule has 1 saturated heterocycles. The molecule has 0 bridgehead atoms. The number of halogens is 3. The molecule has 5 nitrogen and oxygen atoms in total. The summed E-state index contributed by atoms with van der Waals surface area (Å²) in [5.41, 5.74) is 1.68. The molecule has 0 saturated carbocycles. The first-order chi connectivity index (χ1) is 16.2. The van der Waals surface area contributed by atoms with Crippen LogP contribution in [0.15, 0.2) is 71.6 Å². The van der Waals surface area contributed by atoms with Crippen molar-refractivity contribution in [3.8, 4) is 0 Å². The first-order valence-electron chi connectivity index (χ1n) is 10.8. The Labute approximate surface area is 214 Å². The number of sulfonamides is 1. The minimum atomic E-state index is -4.08. The molecular weight excluding hydrogens is 515 g/mol. The lowest BCUT2D eigenvalue weighted by Gasteiger charge is -2.32. The van der Waals surface area contributed by atoms with Crippen LogP contribution < -0.4 is 4.72 Å². The van der Waals surface area contributed by atoms with Crippen LogP contribution >= 0.6 is 34.8 Å². The van der Waals surface area contributed by atoms with Crippen LogP contribution in [0, 0.1) is 5.92 Å². The Morgan fingerprint density at radius 1 is 0.912 bits per heavy atom. The number of hydrogen-bond acceptors (Lipinski definition) is 3. The molecule has 178 valence electrons. The number of carbonyl (C=O) groups excluding carboxylic acids is 1. The summed E-state index contributed by atoms with van der Waals surface area (Å²) in [6, 6.07) is 19.1. The van der Waals surface area contributed by atoms with E-state index < -0.39 is 10.0 Å². The van der Waals surface area contributed by atoms with Gasteiger partial charge in [-0.3, -0.25) is 9.52 Å². The molecule has 3 aromatic carbocycles. The molecule has 0 atom stereocenters. The average molecular weight is 538 g/mol. The lowest BCUT2D eigenvalue weighted by molar-refractivity contribution is 0.0690. The predicted molar refractivity (Wildman–Crippen MR) is 137 cm³/mol. The third-order valence-electron chi connectivity index (χ3n) is 5.89. The van der Waals surface area contributed by atoms with Gasteiger partial charge in [0.1, 0.15) is 4.90 Å². The molecule has 0 spiro atoms. The van der Waals surface area contributed by atoms with Crippen molar-refractivity contribution in [3.05, 3.63) is 92.9 Å². The number of amides is 1. The molecule has 0 unspecified atom stereocenters. The van der Waals surface area contributed by atoms with Gasteiger partial charge in [-0.25, -0.2) is 8.42 Å². The van der Waals surface area contributed by atoms with Crippen molar-refractivity contribution in [1.82, 2.24) is 4.90 Å². The van der Waals surface area contributed by atoms with Gasteiger partial charge in [-0.15, -0.1) is 0 Å². The first-order valence-corrected chi connectivity index (χ1v) is 13.5. The summed E-state index contributed by atoms with van der Waals surface area (Å²) in [6.07, 6.45) is 2.71. The number of hydrogen-bond donors (Lipinski definition) is 1. The Morgan fingerprint density at radius 2 is 1.62 bits per heavy atom. The Bertz CT molecular complexity index is 1290. The predicted octanol–water partition coefficient (Wildman–Crippen LogP) is 6.54. The largest absolute Gasteiger partial charge is 0.339 e. The highest BCUT2D eigenvalue weighted by molar-refractivity contribution is 7.92. The lowest BCUT2D eigenvalue weighted by Crippen LogP contribution is -2.39. The second kappa shape index (κ2) is 10.6. The summed E-state index contributed by atoms with van der Waals surface area (Å²) >= 11 is 18.5. The number of likely N-dealkylation sites (tertiary alicyclic amines) is 1.